The number of benzene rings is 2. The molecule has 7 nitrogen and oxygen atoms in total. The average Bonchev–Trinajstić information content (AvgIpc) is 3.75. The van der Waals surface area contributed by atoms with Crippen molar-refractivity contribution in [3.8, 4) is 11.3 Å². The first-order chi connectivity index (χ1) is 17.5. The maximum atomic E-state index is 13.6. The van der Waals surface area contributed by atoms with Crippen molar-refractivity contribution in [1.82, 2.24) is 20.0 Å². The number of hydrogen-bond donors (Lipinski definition) is 0. The Morgan fingerprint density at radius 1 is 0.972 bits per heavy atom. The highest BCUT2D eigenvalue weighted by atomic mass is 35.5. The van der Waals surface area contributed by atoms with Crippen LogP contribution in [-0.2, 0) is 4.79 Å². The SMILES string of the molecule is O=C(CN(C(=O)c1cccc(F)c1)C1CC1)N1CCCN(c2ccc(-c3ccccc3Cl)nn2)CC1. The Labute approximate surface area is 214 Å². The first-order valence-corrected chi connectivity index (χ1v) is 12.6. The third-order valence-corrected chi connectivity index (χ3v) is 6.93. The van der Waals surface area contributed by atoms with Crippen LogP contribution in [0.5, 0.6) is 0 Å². The number of anilines is 1. The molecular weight excluding hydrogens is 481 g/mol. The molecule has 1 saturated carbocycles. The first-order valence-electron chi connectivity index (χ1n) is 12.2. The Kier molecular flexibility index (Phi) is 7.13. The predicted octanol–water partition coefficient (Wildman–Crippen LogP) is 4.28. The largest absolute Gasteiger partial charge is 0.353 e. The van der Waals surface area contributed by atoms with E-state index in [1.54, 1.807) is 15.9 Å². The fourth-order valence-corrected chi connectivity index (χ4v) is 4.72. The van der Waals surface area contributed by atoms with Crippen molar-refractivity contribution in [3.63, 3.8) is 0 Å². The quantitative estimate of drug-likeness (QED) is 0.498. The number of halogens is 2. The Bertz CT molecular complexity index is 1250. The summed E-state index contributed by atoms with van der Waals surface area (Å²) in [5, 5.41) is 9.39. The lowest BCUT2D eigenvalue weighted by Crippen LogP contribution is -2.45. The molecule has 0 N–H and O–H groups in total. The van der Waals surface area contributed by atoms with Crippen LogP contribution in [0.4, 0.5) is 10.2 Å². The molecule has 36 heavy (non-hydrogen) atoms. The van der Waals surface area contributed by atoms with Gasteiger partial charge in [-0.15, -0.1) is 10.2 Å². The second kappa shape index (κ2) is 10.6. The number of aromatic nitrogens is 2. The number of amides is 2. The lowest BCUT2D eigenvalue weighted by atomic mass is 10.1. The van der Waals surface area contributed by atoms with Crippen molar-refractivity contribution in [2.75, 3.05) is 37.6 Å². The van der Waals surface area contributed by atoms with E-state index in [0.29, 0.717) is 30.4 Å². The molecule has 1 aliphatic heterocycles. The monoisotopic (exact) mass is 507 g/mol. The smallest absolute Gasteiger partial charge is 0.254 e. The van der Waals surface area contributed by atoms with Crippen molar-refractivity contribution < 1.29 is 14.0 Å². The molecule has 9 heteroatoms. The van der Waals surface area contributed by atoms with E-state index in [-0.39, 0.29) is 30.0 Å². The van der Waals surface area contributed by atoms with E-state index in [9.17, 15) is 14.0 Å². The van der Waals surface area contributed by atoms with Gasteiger partial charge in [-0.3, -0.25) is 9.59 Å². The molecule has 2 amide bonds. The summed E-state index contributed by atoms with van der Waals surface area (Å²) in [5.74, 6) is -0.0936. The first kappa shape index (κ1) is 24.2. The maximum Gasteiger partial charge on any atom is 0.254 e. The van der Waals surface area contributed by atoms with Crippen LogP contribution in [0.2, 0.25) is 5.02 Å². The molecule has 5 rings (SSSR count). The van der Waals surface area contributed by atoms with E-state index in [1.165, 1.54) is 18.2 Å². The Hall–Kier alpha value is -3.52. The highest BCUT2D eigenvalue weighted by molar-refractivity contribution is 6.33. The number of nitrogens with zero attached hydrogens (tertiary/aromatic N) is 5. The van der Waals surface area contributed by atoms with Crippen molar-refractivity contribution in [3.05, 3.63) is 77.1 Å². The zero-order chi connectivity index (χ0) is 25.1. The fourth-order valence-electron chi connectivity index (χ4n) is 4.49. The van der Waals surface area contributed by atoms with Crippen LogP contribution in [0.3, 0.4) is 0 Å². The van der Waals surface area contributed by atoms with Gasteiger partial charge >= 0.3 is 0 Å². The summed E-state index contributed by atoms with van der Waals surface area (Å²) < 4.78 is 13.6. The van der Waals surface area contributed by atoms with E-state index in [1.807, 2.05) is 36.4 Å². The summed E-state index contributed by atoms with van der Waals surface area (Å²) in [4.78, 5) is 31.7. The van der Waals surface area contributed by atoms with E-state index in [0.717, 1.165) is 37.2 Å². The minimum Gasteiger partial charge on any atom is -0.353 e. The van der Waals surface area contributed by atoms with E-state index < -0.39 is 5.82 Å². The number of hydrogen-bond acceptors (Lipinski definition) is 5. The van der Waals surface area contributed by atoms with Gasteiger partial charge in [-0.05, 0) is 55.7 Å². The minimum atomic E-state index is -0.460. The topological polar surface area (TPSA) is 69.6 Å². The zero-order valence-electron chi connectivity index (χ0n) is 19.8. The van der Waals surface area contributed by atoms with Crippen LogP contribution in [0.25, 0.3) is 11.3 Å². The summed E-state index contributed by atoms with van der Waals surface area (Å²) in [6.45, 7) is 2.50. The van der Waals surface area contributed by atoms with Crippen LogP contribution in [-0.4, -0.2) is 70.6 Å². The van der Waals surface area contributed by atoms with E-state index >= 15 is 0 Å². The van der Waals surface area contributed by atoms with Crippen LogP contribution in [0.15, 0.2) is 60.7 Å². The van der Waals surface area contributed by atoms with Gasteiger partial charge in [0.05, 0.1) is 10.7 Å². The summed E-state index contributed by atoms with van der Waals surface area (Å²) in [6, 6.07) is 17.0. The second-order valence-corrected chi connectivity index (χ2v) is 9.56. The highest BCUT2D eigenvalue weighted by Crippen LogP contribution is 2.29. The molecule has 0 unspecified atom stereocenters. The standard InChI is InChI=1S/C27H27ClFN5O2/c28-23-8-2-1-7-22(23)24-11-12-25(31-30-24)32-13-4-14-33(16-15-32)26(35)18-34(21-9-10-21)27(36)19-5-3-6-20(29)17-19/h1-3,5-8,11-12,17,21H,4,9-10,13-16,18H2. The molecule has 186 valence electrons. The minimum absolute atomic E-state index is 0.00630. The van der Waals surface area contributed by atoms with Crippen molar-refractivity contribution >= 4 is 29.2 Å². The van der Waals surface area contributed by atoms with Crippen molar-refractivity contribution in [2.24, 2.45) is 0 Å². The third-order valence-electron chi connectivity index (χ3n) is 6.60. The van der Waals surface area contributed by atoms with Crippen LogP contribution in [0.1, 0.15) is 29.6 Å². The number of carbonyl (C=O) groups is 2. The summed E-state index contributed by atoms with van der Waals surface area (Å²) in [6.07, 6.45) is 2.51. The van der Waals surface area contributed by atoms with Crippen LogP contribution in [0, 0.1) is 5.82 Å². The number of carbonyl (C=O) groups excluding carboxylic acids is 2. The third kappa shape index (κ3) is 5.49. The van der Waals surface area contributed by atoms with Gasteiger partial charge in [-0.1, -0.05) is 35.9 Å². The van der Waals surface area contributed by atoms with Gasteiger partial charge < -0.3 is 14.7 Å². The Balaban J connectivity index is 1.21. The lowest BCUT2D eigenvalue weighted by Gasteiger charge is -2.27. The molecule has 2 aliphatic rings. The van der Waals surface area contributed by atoms with Gasteiger partial charge in [0.1, 0.15) is 12.4 Å². The molecule has 1 saturated heterocycles. The van der Waals surface area contributed by atoms with Gasteiger partial charge in [0, 0.05) is 43.3 Å². The van der Waals surface area contributed by atoms with Crippen molar-refractivity contribution in [1.29, 1.82) is 0 Å². The summed E-state index contributed by atoms with van der Waals surface area (Å²) in [7, 11) is 0. The molecule has 0 radical (unpaired) electrons. The Morgan fingerprint density at radius 3 is 2.53 bits per heavy atom. The zero-order valence-corrected chi connectivity index (χ0v) is 20.6. The highest BCUT2D eigenvalue weighted by Gasteiger charge is 2.35. The molecule has 1 aromatic heterocycles. The van der Waals surface area contributed by atoms with Crippen molar-refractivity contribution in [2.45, 2.75) is 25.3 Å². The van der Waals surface area contributed by atoms with Gasteiger partial charge in [0.2, 0.25) is 5.91 Å². The molecule has 3 aromatic rings. The summed E-state index contributed by atoms with van der Waals surface area (Å²) in [5.41, 5.74) is 1.81. The molecule has 2 aromatic carbocycles. The van der Waals surface area contributed by atoms with Crippen LogP contribution < -0.4 is 4.90 Å². The van der Waals surface area contributed by atoms with Gasteiger partial charge in [-0.25, -0.2) is 4.39 Å². The predicted molar refractivity (Wildman–Crippen MR) is 136 cm³/mol. The Morgan fingerprint density at radius 2 is 1.81 bits per heavy atom. The average molecular weight is 508 g/mol. The van der Waals surface area contributed by atoms with Crippen LogP contribution >= 0.6 is 11.6 Å². The maximum absolute atomic E-state index is 13.6. The molecule has 0 atom stereocenters. The lowest BCUT2D eigenvalue weighted by molar-refractivity contribution is -0.131. The van der Waals surface area contributed by atoms with Gasteiger partial charge in [0.25, 0.3) is 5.91 Å². The fraction of sp³-hybridized carbons (Fsp3) is 0.333. The summed E-state index contributed by atoms with van der Waals surface area (Å²) >= 11 is 6.28. The normalized spacial score (nSPS) is 15.9. The molecule has 2 fully saturated rings. The molecule has 2 heterocycles. The molecule has 0 spiro atoms. The van der Waals surface area contributed by atoms with Gasteiger partial charge in [-0.2, -0.15) is 0 Å². The van der Waals surface area contributed by atoms with E-state index in [4.69, 9.17) is 11.6 Å². The van der Waals surface area contributed by atoms with Gasteiger partial charge in [0.15, 0.2) is 5.82 Å². The molecular formula is C27H27ClFN5O2. The molecule has 0 bridgehead atoms. The number of rotatable bonds is 6. The molecule has 1 aliphatic carbocycles. The van der Waals surface area contributed by atoms with E-state index in [2.05, 4.69) is 15.1 Å². The second-order valence-electron chi connectivity index (χ2n) is 9.15.